The van der Waals surface area contributed by atoms with Crippen molar-refractivity contribution in [3.05, 3.63) is 60.7 Å². The Morgan fingerprint density at radius 1 is 0.889 bits per heavy atom. The molecule has 3 aliphatic heterocycles. The van der Waals surface area contributed by atoms with Gasteiger partial charge in [-0.25, -0.2) is 4.79 Å². The lowest BCUT2D eigenvalue weighted by Crippen LogP contribution is -2.58. The molecule has 8 nitrogen and oxygen atoms in total. The summed E-state index contributed by atoms with van der Waals surface area (Å²) in [5, 5.41) is 0. The molecule has 3 saturated heterocycles. The van der Waals surface area contributed by atoms with Gasteiger partial charge < -0.3 is 24.3 Å². The molecule has 0 N–H and O–H groups in total. The summed E-state index contributed by atoms with van der Waals surface area (Å²) in [7, 11) is 0. The average Bonchev–Trinajstić information content (AvgIpc) is 3.37. The molecule has 1 atom stereocenters. The van der Waals surface area contributed by atoms with Crippen molar-refractivity contribution in [1.82, 2.24) is 9.80 Å². The fraction of sp³-hybridized carbons (Fsp3) is 0.464. The Hall–Kier alpha value is -3.55. The summed E-state index contributed by atoms with van der Waals surface area (Å²) in [6, 6.07) is 19.0. The fourth-order valence-corrected chi connectivity index (χ4v) is 5.60. The predicted octanol–water partition coefficient (Wildman–Crippen LogP) is 3.87. The number of hydrogen-bond acceptors (Lipinski definition) is 5. The average molecular weight is 491 g/mol. The zero-order valence-corrected chi connectivity index (χ0v) is 21.2. The van der Waals surface area contributed by atoms with Gasteiger partial charge in [-0.1, -0.05) is 36.4 Å². The van der Waals surface area contributed by atoms with Crippen LogP contribution in [0.15, 0.2) is 60.7 Å². The van der Waals surface area contributed by atoms with E-state index in [1.165, 1.54) is 0 Å². The first kappa shape index (κ1) is 24.2. The number of amides is 3. The van der Waals surface area contributed by atoms with Gasteiger partial charge >= 0.3 is 6.09 Å². The van der Waals surface area contributed by atoms with Crippen molar-refractivity contribution in [2.45, 2.75) is 57.2 Å². The molecule has 3 amide bonds. The number of ether oxygens (including phenoxy) is 1. The maximum atomic E-state index is 14.1. The zero-order chi connectivity index (χ0) is 25.5. The molecule has 2 aromatic rings. The minimum Gasteiger partial charge on any atom is -0.444 e. The van der Waals surface area contributed by atoms with Gasteiger partial charge in [-0.3, -0.25) is 9.59 Å². The van der Waals surface area contributed by atoms with Gasteiger partial charge in [0.1, 0.15) is 17.2 Å². The molecule has 36 heavy (non-hydrogen) atoms. The molecule has 0 bridgehead atoms. The van der Waals surface area contributed by atoms with Crippen molar-refractivity contribution >= 4 is 29.3 Å². The molecule has 3 fully saturated rings. The molecule has 1 spiro atoms. The van der Waals surface area contributed by atoms with Crippen molar-refractivity contribution in [2.75, 3.05) is 36.1 Å². The summed E-state index contributed by atoms with van der Waals surface area (Å²) < 4.78 is 5.56. The second kappa shape index (κ2) is 9.15. The third-order valence-electron chi connectivity index (χ3n) is 7.40. The lowest BCUT2D eigenvalue weighted by molar-refractivity contribution is -0.139. The topological polar surface area (TPSA) is 73.4 Å². The van der Waals surface area contributed by atoms with E-state index in [0.717, 1.165) is 11.4 Å². The molecule has 8 heteroatoms. The standard InChI is InChI=1S/C28H34N4O4/c1-27(2,3)36-26(35)29-18-15-28(16-19-29)25(34)31(20-32(28)22-12-8-5-9-13-22)23-14-17-30(24(23)33)21-10-6-4-7-11-21/h4-13,23H,14-20H2,1-3H3. The molecular weight excluding hydrogens is 456 g/mol. The highest BCUT2D eigenvalue weighted by molar-refractivity contribution is 6.04. The van der Waals surface area contributed by atoms with Crippen LogP contribution in [0.2, 0.25) is 0 Å². The Morgan fingerprint density at radius 2 is 1.47 bits per heavy atom. The number of anilines is 2. The van der Waals surface area contributed by atoms with Crippen molar-refractivity contribution in [2.24, 2.45) is 0 Å². The highest BCUT2D eigenvalue weighted by atomic mass is 16.6. The molecule has 5 rings (SSSR count). The highest BCUT2D eigenvalue weighted by Gasteiger charge is 2.57. The van der Waals surface area contributed by atoms with Crippen LogP contribution in [-0.4, -0.2) is 71.2 Å². The van der Waals surface area contributed by atoms with Gasteiger partial charge in [0.2, 0.25) is 5.91 Å². The molecule has 0 aliphatic carbocycles. The van der Waals surface area contributed by atoms with Crippen LogP contribution in [0.1, 0.15) is 40.0 Å². The fourth-order valence-electron chi connectivity index (χ4n) is 5.60. The van der Waals surface area contributed by atoms with Crippen molar-refractivity contribution in [3.8, 4) is 0 Å². The third-order valence-corrected chi connectivity index (χ3v) is 7.40. The summed E-state index contributed by atoms with van der Waals surface area (Å²) in [6.07, 6.45) is 1.22. The van der Waals surface area contributed by atoms with Crippen molar-refractivity contribution < 1.29 is 19.1 Å². The Balaban J connectivity index is 1.39. The Labute approximate surface area is 212 Å². The lowest BCUT2D eigenvalue weighted by Gasteiger charge is -2.43. The Morgan fingerprint density at radius 3 is 2.06 bits per heavy atom. The van der Waals surface area contributed by atoms with E-state index >= 15 is 0 Å². The molecule has 0 aromatic heterocycles. The smallest absolute Gasteiger partial charge is 0.410 e. The van der Waals surface area contributed by atoms with Crippen LogP contribution in [0.3, 0.4) is 0 Å². The molecular formula is C28H34N4O4. The van der Waals surface area contributed by atoms with E-state index in [1.807, 2.05) is 81.4 Å². The van der Waals surface area contributed by atoms with Gasteiger partial charge in [-0.15, -0.1) is 0 Å². The number of likely N-dealkylation sites (tertiary alicyclic amines) is 1. The number of piperidine rings is 1. The summed E-state index contributed by atoms with van der Waals surface area (Å²) >= 11 is 0. The van der Waals surface area contributed by atoms with Crippen molar-refractivity contribution in [1.29, 1.82) is 0 Å². The quantitative estimate of drug-likeness (QED) is 0.653. The van der Waals surface area contributed by atoms with Gasteiger partial charge in [0.25, 0.3) is 5.91 Å². The van der Waals surface area contributed by atoms with E-state index in [-0.39, 0.29) is 17.9 Å². The molecule has 3 aliphatic rings. The van der Waals surface area contributed by atoms with Gasteiger partial charge in [-0.2, -0.15) is 0 Å². The molecule has 0 radical (unpaired) electrons. The van der Waals surface area contributed by atoms with E-state index in [9.17, 15) is 14.4 Å². The number of rotatable bonds is 3. The van der Waals surface area contributed by atoms with Gasteiger partial charge in [0, 0.05) is 31.0 Å². The molecule has 2 aromatic carbocycles. The second-order valence-electron chi connectivity index (χ2n) is 10.8. The maximum absolute atomic E-state index is 14.1. The molecule has 0 saturated carbocycles. The number of benzene rings is 2. The third kappa shape index (κ3) is 4.29. The first-order valence-corrected chi connectivity index (χ1v) is 12.7. The lowest BCUT2D eigenvalue weighted by atomic mass is 9.85. The number of carbonyl (C=O) groups excluding carboxylic acids is 3. The van der Waals surface area contributed by atoms with Crippen LogP contribution >= 0.6 is 0 Å². The molecule has 190 valence electrons. The Bertz CT molecular complexity index is 1120. The molecule has 3 heterocycles. The minimum atomic E-state index is -0.791. The highest BCUT2D eigenvalue weighted by Crippen LogP contribution is 2.41. The van der Waals surface area contributed by atoms with E-state index in [1.54, 1.807) is 14.7 Å². The van der Waals surface area contributed by atoms with Gasteiger partial charge in [0.05, 0.1) is 6.67 Å². The van der Waals surface area contributed by atoms with E-state index in [2.05, 4.69) is 4.90 Å². The normalized spacial score (nSPS) is 22.0. The number of nitrogens with zero attached hydrogens (tertiary/aromatic N) is 4. The zero-order valence-electron chi connectivity index (χ0n) is 21.2. The number of para-hydroxylation sites is 2. The first-order valence-electron chi connectivity index (χ1n) is 12.7. The van der Waals surface area contributed by atoms with Crippen LogP contribution in [-0.2, 0) is 14.3 Å². The second-order valence-corrected chi connectivity index (χ2v) is 10.8. The monoisotopic (exact) mass is 490 g/mol. The first-order chi connectivity index (χ1) is 17.2. The van der Waals surface area contributed by atoms with Crippen molar-refractivity contribution in [3.63, 3.8) is 0 Å². The van der Waals surface area contributed by atoms with Crippen LogP contribution < -0.4 is 9.80 Å². The van der Waals surface area contributed by atoms with E-state index in [4.69, 9.17) is 4.74 Å². The van der Waals surface area contributed by atoms with Crippen LogP contribution in [0.25, 0.3) is 0 Å². The summed E-state index contributed by atoms with van der Waals surface area (Å²) in [5.41, 5.74) is 0.442. The maximum Gasteiger partial charge on any atom is 0.410 e. The SMILES string of the molecule is CC(C)(C)OC(=O)N1CCC2(CC1)C(=O)N(C1CCN(c3ccccc3)C1=O)CN2c1ccccc1. The minimum absolute atomic E-state index is 0.0246. The van der Waals surface area contributed by atoms with Crippen LogP contribution in [0.5, 0.6) is 0 Å². The predicted molar refractivity (Wildman–Crippen MR) is 138 cm³/mol. The summed E-state index contributed by atoms with van der Waals surface area (Å²) in [5.74, 6) is -0.0609. The summed E-state index contributed by atoms with van der Waals surface area (Å²) in [4.78, 5) is 47.7. The van der Waals surface area contributed by atoms with Gasteiger partial charge in [-0.05, 0) is 64.3 Å². The van der Waals surface area contributed by atoms with Crippen LogP contribution in [0.4, 0.5) is 16.2 Å². The summed E-state index contributed by atoms with van der Waals surface area (Å²) in [6.45, 7) is 7.34. The van der Waals surface area contributed by atoms with Gasteiger partial charge in [0.15, 0.2) is 0 Å². The number of carbonyl (C=O) groups is 3. The van der Waals surface area contributed by atoms with E-state index in [0.29, 0.717) is 45.6 Å². The molecule has 1 unspecified atom stereocenters. The largest absolute Gasteiger partial charge is 0.444 e. The van der Waals surface area contributed by atoms with E-state index < -0.39 is 17.2 Å². The van der Waals surface area contributed by atoms with Crippen LogP contribution in [0, 0.1) is 0 Å². The number of hydrogen-bond donors (Lipinski definition) is 0. The Kier molecular flexibility index (Phi) is 6.14.